The predicted octanol–water partition coefficient (Wildman–Crippen LogP) is 4.67. The highest BCUT2D eigenvalue weighted by Gasteiger charge is 2.08. The summed E-state index contributed by atoms with van der Waals surface area (Å²) < 4.78 is 0. The standard InChI is InChI=1S/C15H33N.CBN/c1-4-5-6-7-8-9-10-11-12-13-14-15(2,3)16;2-1-3/h4-14,16H2,1-3H3;. The zero-order valence-electron chi connectivity index (χ0n) is 13.4. The van der Waals surface area contributed by atoms with E-state index in [0.717, 1.165) is 0 Å². The van der Waals surface area contributed by atoms with Gasteiger partial charge >= 0.3 is 0 Å². The molecule has 0 saturated heterocycles. The van der Waals surface area contributed by atoms with Crippen molar-refractivity contribution in [2.24, 2.45) is 5.73 Å². The van der Waals surface area contributed by atoms with E-state index < -0.39 is 0 Å². The van der Waals surface area contributed by atoms with Crippen LogP contribution in [-0.2, 0) is 0 Å². The predicted molar refractivity (Wildman–Crippen MR) is 86.1 cm³/mol. The summed E-state index contributed by atoms with van der Waals surface area (Å²) in [6.45, 7) is 6.53. The molecule has 0 fully saturated rings. The van der Waals surface area contributed by atoms with Crippen molar-refractivity contribution < 1.29 is 0 Å². The molecule has 0 aliphatic carbocycles. The number of unbranched alkanes of at least 4 members (excludes halogenated alkanes) is 9. The molecule has 2 nitrogen and oxygen atoms in total. The lowest BCUT2D eigenvalue weighted by Crippen LogP contribution is -2.31. The molecule has 3 heteroatoms. The molecule has 0 aromatic rings. The molecule has 0 bridgehead atoms. The molecular weight excluding hydrogens is 231 g/mol. The molecule has 0 rings (SSSR count). The molecule has 0 amide bonds. The van der Waals surface area contributed by atoms with Gasteiger partial charge < -0.3 is 5.73 Å². The monoisotopic (exact) mass is 264 g/mol. The fourth-order valence-corrected chi connectivity index (χ4v) is 2.07. The lowest BCUT2D eigenvalue weighted by Gasteiger charge is -2.17. The summed E-state index contributed by atoms with van der Waals surface area (Å²) in [5.41, 5.74) is 5.99. The van der Waals surface area contributed by atoms with Gasteiger partial charge in [0.1, 0.15) is 0 Å². The lowest BCUT2D eigenvalue weighted by molar-refractivity contribution is 0.440. The molecule has 0 unspecified atom stereocenters. The highest BCUT2D eigenvalue weighted by Crippen LogP contribution is 2.14. The Kier molecular flexibility index (Phi) is 17.1. The Morgan fingerprint density at radius 2 is 1.21 bits per heavy atom. The Morgan fingerprint density at radius 1 is 0.895 bits per heavy atom. The number of hydrogen-bond acceptors (Lipinski definition) is 2. The van der Waals surface area contributed by atoms with E-state index in [2.05, 4.69) is 28.6 Å². The van der Waals surface area contributed by atoms with Gasteiger partial charge in [0.05, 0.1) is 0 Å². The Balaban J connectivity index is 0. The summed E-state index contributed by atoms with van der Waals surface area (Å²) in [7, 11) is 4.15. The van der Waals surface area contributed by atoms with Crippen molar-refractivity contribution >= 4 is 7.85 Å². The average Bonchev–Trinajstić information content (AvgIpc) is 2.31. The van der Waals surface area contributed by atoms with Crippen LogP contribution in [0.2, 0.25) is 0 Å². The zero-order chi connectivity index (χ0) is 15.0. The maximum Gasteiger partial charge on any atom is 0.229 e. The van der Waals surface area contributed by atoms with E-state index in [-0.39, 0.29) is 5.54 Å². The summed E-state index contributed by atoms with van der Waals surface area (Å²) in [6.07, 6.45) is 15.2. The quantitative estimate of drug-likeness (QED) is 0.435. The van der Waals surface area contributed by atoms with Crippen molar-refractivity contribution in [3.63, 3.8) is 0 Å². The maximum absolute atomic E-state index is 7.10. The first-order valence-electron chi connectivity index (χ1n) is 7.86. The normalized spacial score (nSPS) is 10.5. The van der Waals surface area contributed by atoms with Crippen LogP contribution in [0.3, 0.4) is 0 Å². The first kappa shape index (κ1) is 20.8. The molecule has 0 heterocycles. The van der Waals surface area contributed by atoms with Gasteiger partial charge in [-0.25, -0.2) is 5.26 Å². The zero-order valence-corrected chi connectivity index (χ0v) is 13.4. The number of hydrogen-bond donors (Lipinski definition) is 1. The van der Waals surface area contributed by atoms with Crippen molar-refractivity contribution in [3.05, 3.63) is 0 Å². The van der Waals surface area contributed by atoms with E-state index in [1.165, 1.54) is 76.6 Å². The Morgan fingerprint density at radius 3 is 1.53 bits per heavy atom. The highest BCUT2D eigenvalue weighted by atomic mass is 14.7. The van der Waals surface area contributed by atoms with Crippen LogP contribution in [0.1, 0.15) is 91.4 Å². The Hall–Kier alpha value is -0.485. The summed E-state index contributed by atoms with van der Waals surface area (Å²) in [5.74, 6) is 1.25. The van der Waals surface area contributed by atoms with Gasteiger partial charge in [-0.3, -0.25) is 0 Å². The van der Waals surface area contributed by atoms with Gasteiger partial charge in [-0.2, -0.15) is 0 Å². The van der Waals surface area contributed by atoms with Crippen LogP contribution in [0.25, 0.3) is 0 Å². The molecular formula is C16H33BN2. The minimum Gasteiger partial charge on any atom is -0.326 e. The first-order valence-corrected chi connectivity index (χ1v) is 7.86. The van der Waals surface area contributed by atoms with E-state index in [1.54, 1.807) is 0 Å². The number of nitrogens with two attached hydrogens (primary N) is 1. The van der Waals surface area contributed by atoms with Crippen LogP contribution in [-0.4, -0.2) is 13.4 Å². The van der Waals surface area contributed by atoms with E-state index in [1.807, 2.05) is 0 Å². The van der Waals surface area contributed by atoms with Crippen LogP contribution in [0, 0.1) is 11.2 Å². The third kappa shape index (κ3) is 26.9. The minimum atomic E-state index is 0.0418. The summed E-state index contributed by atoms with van der Waals surface area (Å²) >= 11 is 0. The van der Waals surface area contributed by atoms with Gasteiger partial charge in [-0.05, 0) is 26.2 Å². The molecule has 0 saturated carbocycles. The first-order chi connectivity index (χ1) is 8.97. The second-order valence-electron chi connectivity index (χ2n) is 6.05. The van der Waals surface area contributed by atoms with Gasteiger partial charge in [-0.15, -0.1) is 0 Å². The van der Waals surface area contributed by atoms with Crippen molar-refractivity contribution in [2.75, 3.05) is 0 Å². The maximum atomic E-state index is 7.10. The molecule has 0 aliphatic rings. The SMILES string of the molecule is CCCCCCCCCCCCC(C)(C)N.[B]C#N. The third-order valence-electron chi connectivity index (χ3n) is 3.17. The number of nitriles is 1. The van der Waals surface area contributed by atoms with Crippen LogP contribution < -0.4 is 5.73 Å². The largest absolute Gasteiger partial charge is 0.326 e. The average molecular weight is 264 g/mol. The molecule has 2 radical (unpaired) electrons. The molecule has 0 aromatic carbocycles. The molecule has 0 aromatic heterocycles. The molecule has 0 atom stereocenters. The highest BCUT2D eigenvalue weighted by molar-refractivity contribution is 6.20. The van der Waals surface area contributed by atoms with Crippen molar-refractivity contribution in [1.82, 2.24) is 0 Å². The lowest BCUT2D eigenvalue weighted by atomic mass is 9.97. The van der Waals surface area contributed by atoms with Crippen LogP contribution >= 0.6 is 0 Å². The molecule has 0 aliphatic heterocycles. The second-order valence-corrected chi connectivity index (χ2v) is 6.05. The molecule has 110 valence electrons. The van der Waals surface area contributed by atoms with E-state index in [9.17, 15) is 0 Å². The van der Waals surface area contributed by atoms with Gasteiger partial charge in [0.25, 0.3) is 0 Å². The van der Waals surface area contributed by atoms with Crippen molar-refractivity contribution in [2.45, 2.75) is 96.9 Å². The van der Waals surface area contributed by atoms with Gasteiger partial charge in [0.15, 0.2) is 0 Å². The van der Waals surface area contributed by atoms with Gasteiger partial charge in [0, 0.05) is 5.54 Å². The third-order valence-corrected chi connectivity index (χ3v) is 3.17. The van der Waals surface area contributed by atoms with Crippen molar-refractivity contribution in [3.8, 4) is 5.97 Å². The summed E-state index contributed by atoms with van der Waals surface area (Å²) in [5, 5.41) is 7.10. The van der Waals surface area contributed by atoms with Crippen LogP contribution in [0.15, 0.2) is 0 Å². The fraction of sp³-hybridized carbons (Fsp3) is 0.938. The molecule has 19 heavy (non-hydrogen) atoms. The van der Waals surface area contributed by atoms with Gasteiger partial charge in [0.2, 0.25) is 7.85 Å². The van der Waals surface area contributed by atoms with E-state index >= 15 is 0 Å². The number of nitrogens with zero attached hydrogens (tertiary/aromatic N) is 1. The second kappa shape index (κ2) is 15.6. The van der Waals surface area contributed by atoms with E-state index in [0.29, 0.717) is 0 Å². The Bertz CT molecular complexity index is 204. The van der Waals surface area contributed by atoms with E-state index in [4.69, 9.17) is 11.0 Å². The van der Waals surface area contributed by atoms with Crippen LogP contribution in [0.4, 0.5) is 0 Å². The molecule has 2 N–H and O–H groups in total. The Labute approximate surface area is 122 Å². The summed E-state index contributed by atoms with van der Waals surface area (Å²) in [4.78, 5) is 0. The van der Waals surface area contributed by atoms with Gasteiger partial charge in [-0.1, -0.05) is 71.1 Å². The summed E-state index contributed by atoms with van der Waals surface area (Å²) in [6, 6.07) is 0. The topological polar surface area (TPSA) is 49.8 Å². The molecule has 0 spiro atoms. The van der Waals surface area contributed by atoms with Crippen molar-refractivity contribution in [1.29, 1.82) is 5.26 Å². The number of rotatable bonds is 11. The smallest absolute Gasteiger partial charge is 0.229 e. The van der Waals surface area contributed by atoms with Crippen LogP contribution in [0.5, 0.6) is 0 Å². The fourth-order valence-electron chi connectivity index (χ4n) is 2.07. The minimum absolute atomic E-state index is 0.0418.